The van der Waals surface area contributed by atoms with Crippen LogP contribution in [-0.4, -0.2) is 16.9 Å². The van der Waals surface area contributed by atoms with Crippen molar-refractivity contribution in [3.63, 3.8) is 0 Å². The molecule has 1 amide bonds. The highest BCUT2D eigenvalue weighted by molar-refractivity contribution is 5.92. The van der Waals surface area contributed by atoms with Crippen LogP contribution in [0.25, 0.3) is 0 Å². The van der Waals surface area contributed by atoms with E-state index in [9.17, 15) is 4.79 Å². The van der Waals surface area contributed by atoms with Crippen LogP contribution in [0.15, 0.2) is 18.2 Å². The first-order chi connectivity index (χ1) is 7.17. The Kier molecular flexibility index (Phi) is 3.81. The Morgan fingerprint density at radius 3 is 3.00 bits per heavy atom. The van der Waals surface area contributed by atoms with Crippen molar-refractivity contribution in [2.45, 2.75) is 26.3 Å². The maximum absolute atomic E-state index is 11.6. The van der Waals surface area contributed by atoms with Crippen LogP contribution in [0.1, 0.15) is 36.5 Å². The van der Waals surface area contributed by atoms with Crippen LogP contribution in [-0.2, 0) is 0 Å². The normalized spacial score (nSPS) is 11.5. The molecule has 0 spiro atoms. The molecule has 0 aliphatic heterocycles. The fraction of sp³-hybridized carbons (Fsp3) is 0.364. The smallest absolute Gasteiger partial charge is 0.270 e. The molecule has 0 saturated carbocycles. The Morgan fingerprint density at radius 2 is 2.40 bits per heavy atom. The molecule has 1 heterocycles. The highest BCUT2D eigenvalue weighted by Crippen LogP contribution is 1.99. The fourth-order valence-corrected chi connectivity index (χ4v) is 1.02. The van der Waals surface area contributed by atoms with Gasteiger partial charge in [0.2, 0.25) is 0 Å². The molecule has 0 saturated heterocycles. The Balaban J connectivity index is 2.78. The van der Waals surface area contributed by atoms with Crippen molar-refractivity contribution < 1.29 is 4.79 Å². The molecule has 1 aromatic rings. The standard InChI is InChI=1S/C11H13N3O/c1-3-8(2)13-11(15)10-6-4-5-9(7-12)14-10/h4-6,8H,3H2,1-2H3,(H,13,15). The lowest BCUT2D eigenvalue weighted by atomic mass is 10.2. The zero-order valence-corrected chi connectivity index (χ0v) is 8.82. The van der Waals surface area contributed by atoms with Crippen LogP contribution >= 0.6 is 0 Å². The third kappa shape index (κ3) is 3.06. The maximum Gasteiger partial charge on any atom is 0.270 e. The Morgan fingerprint density at radius 1 is 1.67 bits per heavy atom. The van der Waals surface area contributed by atoms with Gasteiger partial charge in [-0.2, -0.15) is 5.26 Å². The largest absolute Gasteiger partial charge is 0.348 e. The molecule has 4 nitrogen and oxygen atoms in total. The van der Waals surface area contributed by atoms with Gasteiger partial charge in [0.25, 0.3) is 5.91 Å². The third-order valence-corrected chi connectivity index (χ3v) is 2.09. The lowest BCUT2D eigenvalue weighted by Crippen LogP contribution is -2.32. The molecule has 0 radical (unpaired) electrons. The summed E-state index contributed by atoms with van der Waals surface area (Å²) in [6, 6.07) is 6.83. The van der Waals surface area contributed by atoms with Crippen LogP contribution in [0, 0.1) is 11.3 Å². The van der Waals surface area contributed by atoms with Gasteiger partial charge >= 0.3 is 0 Å². The lowest BCUT2D eigenvalue weighted by molar-refractivity contribution is 0.0934. The molecule has 0 fully saturated rings. The lowest BCUT2D eigenvalue weighted by Gasteiger charge is -2.10. The minimum Gasteiger partial charge on any atom is -0.348 e. The zero-order valence-electron chi connectivity index (χ0n) is 8.82. The predicted octanol–water partition coefficient (Wildman–Crippen LogP) is 1.48. The first kappa shape index (κ1) is 11.2. The second-order valence-corrected chi connectivity index (χ2v) is 3.30. The molecule has 1 rings (SSSR count). The monoisotopic (exact) mass is 203 g/mol. The minimum atomic E-state index is -0.235. The van der Waals surface area contributed by atoms with Crippen molar-refractivity contribution in [1.29, 1.82) is 5.26 Å². The molecule has 4 heteroatoms. The van der Waals surface area contributed by atoms with Crippen molar-refractivity contribution in [3.8, 4) is 6.07 Å². The molecule has 78 valence electrons. The number of nitrogens with one attached hydrogen (secondary N) is 1. The molecule has 0 aromatic carbocycles. The SMILES string of the molecule is CCC(C)NC(=O)c1cccc(C#N)n1. The van der Waals surface area contributed by atoms with E-state index in [0.717, 1.165) is 6.42 Å². The number of rotatable bonds is 3. The van der Waals surface area contributed by atoms with Gasteiger partial charge < -0.3 is 5.32 Å². The van der Waals surface area contributed by atoms with Gasteiger partial charge in [0.1, 0.15) is 17.5 Å². The van der Waals surface area contributed by atoms with Crippen LogP contribution in [0.2, 0.25) is 0 Å². The van der Waals surface area contributed by atoms with Gasteiger partial charge in [-0.05, 0) is 25.5 Å². The number of carbonyl (C=O) groups is 1. The second kappa shape index (κ2) is 5.11. The van der Waals surface area contributed by atoms with E-state index in [1.165, 1.54) is 0 Å². The Hall–Kier alpha value is -1.89. The topological polar surface area (TPSA) is 65.8 Å². The van der Waals surface area contributed by atoms with Crippen LogP contribution in [0.5, 0.6) is 0 Å². The Labute approximate surface area is 88.9 Å². The number of amides is 1. The number of hydrogen-bond donors (Lipinski definition) is 1. The number of carbonyl (C=O) groups excluding carboxylic acids is 1. The predicted molar refractivity (Wildman–Crippen MR) is 56.2 cm³/mol. The fourth-order valence-electron chi connectivity index (χ4n) is 1.02. The van der Waals surface area contributed by atoms with E-state index in [2.05, 4.69) is 10.3 Å². The van der Waals surface area contributed by atoms with Crippen molar-refractivity contribution in [3.05, 3.63) is 29.6 Å². The van der Waals surface area contributed by atoms with Gasteiger partial charge in [0.05, 0.1) is 0 Å². The molecular weight excluding hydrogens is 190 g/mol. The second-order valence-electron chi connectivity index (χ2n) is 3.30. The van der Waals surface area contributed by atoms with E-state index < -0.39 is 0 Å². The van der Waals surface area contributed by atoms with E-state index in [-0.39, 0.29) is 23.3 Å². The average Bonchev–Trinajstić information content (AvgIpc) is 2.28. The van der Waals surface area contributed by atoms with Crippen molar-refractivity contribution in [2.24, 2.45) is 0 Å². The van der Waals surface area contributed by atoms with Crippen molar-refractivity contribution >= 4 is 5.91 Å². The number of nitriles is 1. The molecule has 1 aromatic heterocycles. The van der Waals surface area contributed by atoms with Gasteiger partial charge in [-0.15, -0.1) is 0 Å². The number of aromatic nitrogens is 1. The molecule has 1 N–H and O–H groups in total. The summed E-state index contributed by atoms with van der Waals surface area (Å²) in [4.78, 5) is 15.5. The van der Waals surface area contributed by atoms with Gasteiger partial charge in [-0.25, -0.2) is 4.98 Å². The maximum atomic E-state index is 11.6. The van der Waals surface area contributed by atoms with Crippen LogP contribution < -0.4 is 5.32 Å². The van der Waals surface area contributed by atoms with E-state index in [1.54, 1.807) is 18.2 Å². The van der Waals surface area contributed by atoms with Crippen LogP contribution in [0.4, 0.5) is 0 Å². The zero-order chi connectivity index (χ0) is 11.3. The number of pyridine rings is 1. The highest BCUT2D eigenvalue weighted by Gasteiger charge is 2.09. The summed E-state index contributed by atoms with van der Waals surface area (Å²) in [6.07, 6.45) is 0.865. The summed E-state index contributed by atoms with van der Waals surface area (Å²) in [5, 5.41) is 11.4. The van der Waals surface area contributed by atoms with Gasteiger partial charge in [0, 0.05) is 6.04 Å². The van der Waals surface area contributed by atoms with Crippen molar-refractivity contribution in [1.82, 2.24) is 10.3 Å². The first-order valence-electron chi connectivity index (χ1n) is 4.85. The number of nitrogens with zero attached hydrogens (tertiary/aromatic N) is 2. The molecule has 0 aliphatic carbocycles. The van der Waals surface area contributed by atoms with E-state index >= 15 is 0 Å². The van der Waals surface area contributed by atoms with Crippen molar-refractivity contribution in [2.75, 3.05) is 0 Å². The molecule has 0 aliphatic rings. The summed E-state index contributed by atoms with van der Waals surface area (Å²) < 4.78 is 0. The third-order valence-electron chi connectivity index (χ3n) is 2.09. The molecule has 15 heavy (non-hydrogen) atoms. The highest BCUT2D eigenvalue weighted by atomic mass is 16.1. The molecular formula is C11H13N3O. The average molecular weight is 203 g/mol. The summed E-state index contributed by atoms with van der Waals surface area (Å²) in [5.41, 5.74) is 0.543. The van der Waals surface area contributed by atoms with Gasteiger partial charge in [0.15, 0.2) is 0 Å². The number of hydrogen-bond acceptors (Lipinski definition) is 3. The van der Waals surface area contributed by atoms with Crippen LogP contribution in [0.3, 0.4) is 0 Å². The quantitative estimate of drug-likeness (QED) is 0.809. The molecule has 0 bridgehead atoms. The van der Waals surface area contributed by atoms with E-state index in [1.807, 2.05) is 19.9 Å². The van der Waals surface area contributed by atoms with Gasteiger partial charge in [-0.1, -0.05) is 13.0 Å². The molecule has 1 unspecified atom stereocenters. The summed E-state index contributed by atoms with van der Waals surface area (Å²) in [6.45, 7) is 3.91. The summed E-state index contributed by atoms with van der Waals surface area (Å²) in [7, 11) is 0. The first-order valence-corrected chi connectivity index (χ1v) is 4.85. The van der Waals surface area contributed by atoms with E-state index in [0.29, 0.717) is 0 Å². The van der Waals surface area contributed by atoms with Gasteiger partial charge in [-0.3, -0.25) is 4.79 Å². The Bertz CT molecular complexity index is 395. The minimum absolute atomic E-state index is 0.116. The summed E-state index contributed by atoms with van der Waals surface area (Å²) >= 11 is 0. The molecule has 1 atom stereocenters. The van der Waals surface area contributed by atoms with E-state index in [4.69, 9.17) is 5.26 Å². The summed E-state index contributed by atoms with van der Waals surface area (Å²) in [5.74, 6) is -0.235.